The van der Waals surface area contributed by atoms with E-state index in [0.29, 0.717) is 5.92 Å². The molecule has 0 aromatic heterocycles. The van der Waals surface area contributed by atoms with Gasteiger partial charge in [0, 0.05) is 0 Å². The van der Waals surface area contributed by atoms with Crippen LogP contribution in [0.5, 0.6) is 0 Å². The number of allylic oxidation sites excluding steroid dienone is 4. The minimum atomic E-state index is -0.293. The zero-order valence-electron chi connectivity index (χ0n) is 15.1. The summed E-state index contributed by atoms with van der Waals surface area (Å²) in [7, 11) is -0.293. The molecule has 1 aromatic carbocycles. The molecule has 1 unspecified atom stereocenters. The molecule has 0 saturated heterocycles. The summed E-state index contributed by atoms with van der Waals surface area (Å²) < 4.78 is 1.63. The van der Waals surface area contributed by atoms with Crippen LogP contribution in [0.25, 0.3) is 0 Å². The smallest absolute Gasteiger partial charge is 1.00 e. The van der Waals surface area contributed by atoms with Crippen LogP contribution in [0.2, 0.25) is 0 Å². The molecule has 0 amide bonds. The molecule has 136 valence electrons. The molecule has 0 radical (unpaired) electrons. The van der Waals surface area contributed by atoms with Crippen LogP contribution < -0.4 is 42.4 Å². The summed E-state index contributed by atoms with van der Waals surface area (Å²) >= 11 is 2.38. The van der Waals surface area contributed by atoms with E-state index in [-0.39, 0.29) is 46.7 Å². The summed E-state index contributed by atoms with van der Waals surface area (Å²) in [5, 5.41) is 3.39. The maximum atomic E-state index is 2.48. The summed E-state index contributed by atoms with van der Waals surface area (Å²) in [5.74, 6) is 1.68. The van der Waals surface area contributed by atoms with Crippen molar-refractivity contribution >= 4 is 14.7 Å². The van der Waals surface area contributed by atoms with E-state index in [4.69, 9.17) is 0 Å². The fraction of sp³-hybridized carbons (Fsp3) is 0.500. The zero-order valence-corrected chi connectivity index (χ0v) is 20.4. The van der Waals surface area contributed by atoms with E-state index in [9.17, 15) is 0 Å². The van der Waals surface area contributed by atoms with Gasteiger partial charge in [0.05, 0.1) is 0 Å². The Morgan fingerprint density at radius 2 is 1.60 bits per heavy atom. The van der Waals surface area contributed by atoms with Crippen LogP contribution in [0.4, 0.5) is 0 Å². The van der Waals surface area contributed by atoms with Crippen LogP contribution in [-0.2, 0) is 20.4 Å². The number of hydrogen-bond acceptors (Lipinski definition) is 0. The number of halogens is 3. The van der Waals surface area contributed by atoms with E-state index >= 15 is 0 Å². The van der Waals surface area contributed by atoms with Crippen molar-refractivity contribution in [1.29, 1.82) is 0 Å². The first-order valence-electron chi connectivity index (χ1n) is 8.85. The Labute approximate surface area is 186 Å². The molecule has 0 spiro atoms. The van der Waals surface area contributed by atoms with E-state index in [1.54, 1.807) is 25.4 Å². The molecule has 2 aliphatic carbocycles. The molecule has 0 bridgehead atoms. The van der Waals surface area contributed by atoms with E-state index in [1.807, 2.05) is 0 Å². The topological polar surface area (TPSA) is 0 Å². The van der Waals surface area contributed by atoms with Crippen molar-refractivity contribution in [3.05, 3.63) is 50.6 Å². The zero-order chi connectivity index (χ0) is 15.5. The number of rotatable bonds is 4. The van der Waals surface area contributed by atoms with Crippen molar-refractivity contribution in [2.75, 3.05) is 0 Å². The third-order valence-corrected chi connectivity index (χ3v) is 9.56. The summed E-state index contributed by atoms with van der Waals surface area (Å²) in [6, 6.07) is 11.2. The Hall–Kier alpha value is 0.501. The van der Waals surface area contributed by atoms with E-state index in [0.717, 1.165) is 5.92 Å². The molecule has 0 nitrogen and oxygen atoms in total. The first-order chi connectivity index (χ1) is 10.7. The van der Waals surface area contributed by atoms with Gasteiger partial charge in [0.1, 0.15) is 0 Å². The Morgan fingerprint density at radius 1 is 1.00 bits per heavy atom. The maximum absolute atomic E-state index is 2.48. The summed E-state index contributed by atoms with van der Waals surface area (Å²) in [4.78, 5) is 0. The minimum Gasteiger partial charge on any atom is -1.00 e. The molecule has 0 N–H and O–H groups in total. The van der Waals surface area contributed by atoms with Crippen molar-refractivity contribution in [3.63, 3.8) is 0 Å². The molecular formula is C20H27Cl3SiTi. The average Bonchev–Trinajstić information content (AvgIpc) is 2.75. The fourth-order valence-electron chi connectivity index (χ4n) is 4.24. The van der Waals surface area contributed by atoms with Crippen LogP contribution in [0.3, 0.4) is 0 Å². The molecular weight excluding hydrogens is 423 g/mol. The average molecular weight is 450 g/mol. The van der Waals surface area contributed by atoms with Gasteiger partial charge >= 0.3 is 150 Å². The van der Waals surface area contributed by atoms with Gasteiger partial charge in [-0.2, -0.15) is 0 Å². The van der Waals surface area contributed by atoms with Crippen molar-refractivity contribution in [3.8, 4) is 0 Å². The van der Waals surface area contributed by atoms with Gasteiger partial charge < -0.3 is 37.2 Å². The molecule has 2 aliphatic rings. The second-order valence-electron chi connectivity index (χ2n) is 7.14. The van der Waals surface area contributed by atoms with E-state index in [2.05, 4.69) is 64.6 Å². The Bertz CT molecular complexity index is 592. The molecule has 0 aliphatic heterocycles. The van der Waals surface area contributed by atoms with Gasteiger partial charge in [0.2, 0.25) is 0 Å². The predicted molar refractivity (Wildman–Crippen MR) is 94.7 cm³/mol. The van der Waals surface area contributed by atoms with Crippen LogP contribution in [0.15, 0.2) is 50.6 Å². The van der Waals surface area contributed by atoms with E-state index in [1.165, 1.54) is 38.5 Å². The number of benzene rings is 1. The van der Waals surface area contributed by atoms with Gasteiger partial charge in [0.15, 0.2) is 0 Å². The summed E-state index contributed by atoms with van der Waals surface area (Å²) in [6.45, 7) is 4.86. The van der Waals surface area contributed by atoms with Crippen molar-refractivity contribution in [2.24, 2.45) is 11.8 Å². The molecule has 5 heteroatoms. The molecule has 1 saturated carbocycles. The quantitative estimate of drug-likeness (QED) is 0.405. The standard InChI is InChI=1S/C20H27Si.3ClH.Ti/c1-15-13-20(21-18-11-7-4-8-12-18)16(2)19(15)14-17-9-5-3-6-10-17;;;;/h4,7-8,11-12,16-17H,3,5-6,9-10,14,21H2,1-2H3;3*1H;/q;;;;+3/p-3. The second-order valence-corrected chi connectivity index (χ2v) is 9.86. The van der Waals surface area contributed by atoms with Crippen molar-refractivity contribution in [2.45, 2.75) is 52.4 Å². The monoisotopic (exact) mass is 448 g/mol. The van der Waals surface area contributed by atoms with Crippen LogP contribution in [-0.4, -0.2) is 9.52 Å². The number of hydrogen-bond donors (Lipinski definition) is 0. The Balaban J connectivity index is 0.00000192. The SMILES string of the molecule is CC1=C(CC2CCCCC2)C(C)C([SiH2]c2ccccc2)=[C]1[Ti+3].[Cl-].[Cl-].[Cl-]. The Kier molecular flexibility index (Phi) is 12.3. The minimum absolute atomic E-state index is 0. The predicted octanol–water partition coefficient (Wildman–Crippen LogP) is -4.81. The molecule has 1 atom stereocenters. The largest absolute Gasteiger partial charge is 1.00 e. The van der Waals surface area contributed by atoms with Gasteiger partial charge in [-0.3, -0.25) is 0 Å². The third-order valence-electron chi connectivity index (χ3n) is 5.69. The van der Waals surface area contributed by atoms with Crippen molar-refractivity contribution in [1.82, 2.24) is 0 Å². The molecule has 1 aromatic rings. The molecule has 1 fully saturated rings. The van der Waals surface area contributed by atoms with Gasteiger partial charge in [-0.1, -0.05) is 0 Å². The fourth-order valence-corrected chi connectivity index (χ4v) is 7.19. The third kappa shape index (κ3) is 6.26. The van der Waals surface area contributed by atoms with Gasteiger partial charge in [-0.15, -0.1) is 0 Å². The summed E-state index contributed by atoms with van der Waals surface area (Å²) in [5.41, 5.74) is 3.42. The van der Waals surface area contributed by atoms with Crippen LogP contribution in [0, 0.1) is 11.8 Å². The molecule has 0 heterocycles. The second kappa shape index (κ2) is 12.1. The Morgan fingerprint density at radius 3 is 2.20 bits per heavy atom. The van der Waals surface area contributed by atoms with Crippen LogP contribution >= 0.6 is 0 Å². The van der Waals surface area contributed by atoms with Crippen LogP contribution in [0.1, 0.15) is 52.4 Å². The van der Waals surface area contributed by atoms with Crippen molar-refractivity contribution < 1.29 is 57.7 Å². The molecule has 3 rings (SSSR count). The van der Waals surface area contributed by atoms with Gasteiger partial charge in [-0.05, 0) is 0 Å². The first kappa shape index (κ1) is 25.5. The normalized spacial score (nSPS) is 21.2. The molecule has 25 heavy (non-hydrogen) atoms. The van der Waals surface area contributed by atoms with E-state index < -0.39 is 0 Å². The summed E-state index contributed by atoms with van der Waals surface area (Å²) in [6.07, 6.45) is 8.69. The first-order valence-corrected chi connectivity index (χ1v) is 11.0. The maximum Gasteiger partial charge on any atom is -1.00 e. The van der Waals surface area contributed by atoms with Gasteiger partial charge in [-0.25, -0.2) is 0 Å². The van der Waals surface area contributed by atoms with Gasteiger partial charge in [0.25, 0.3) is 0 Å².